The molecule has 1 heterocycles. The average Bonchev–Trinajstić information content (AvgIpc) is 2.99. The Hall–Kier alpha value is -1.05. The van der Waals surface area contributed by atoms with Gasteiger partial charge in [0, 0.05) is 11.7 Å². The molecule has 0 amide bonds. The van der Waals surface area contributed by atoms with Crippen LogP contribution in [0.25, 0.3) is 0 Å². The van der Waals surface area contributed by atoms with E-state index in [9.17, 15) is 0 Å². The molecule has 0 atom stereocenters. The molecule has 1 aromatic heterocycles. The Morgan fingerprint density at radius 1 is 1.12 bits per heavy atom. The second-order valence-electron chi connectivity index (χ2n) is 6.80. The molecule has 1 saturated carbocycles. The minimum absolute atomic E-state index is 0.177. The van der Waals surface area contributed by atoms with E-state index in [0.717, 1.165) is 11.7 Å². The highest BCUT2D eigenvalue weighted by Gasteiger charge is 2.37. The first-order chi connectivity index (χ1) is 7.79. The SMILES string of the molecule is CC(C)(C)c1ccc(NC(C)(C)C2CC2)nc1. The summed E-state index contributed by atoms with van der Waals surface area (Å²) in [6.07, 6.45) is 4.69. The van der Waals surface area contributed by atoms with Crippen LogP contribution >= 0.6 is 0 Å². The first-order valence-corrected chi connectivity index (χ1v) is 6.54. The number of hydrogen-bond acceptors (Lipinski definition) is 2. The summed E-state index contributed by atoms with van der Waals surface area (Å²) in [6, 6.07) is 4.28. The van der Waals surface area contributed by atoms with E-state index in [4.69, 9.17) is 0 Å². The third kappa shape index (κ3) is 2.99. The topological polar surface area (TPSA) is 24.9 Å². The summed E-state index contributed by atoms with van der Waals surface area (Å²) < 4.78 is 0. The molecular formula is C15H24N2. The molecule has 1 aromatic rings. The van der Waals surface area contributed by atoms with Gasteiger partial charge in [-0.1, -0.05) is 26.8 Å². The van der Waals surface area contributed by atoms with E-state index in [-0.39, 0.29) is 11.0 Å². The summed E-state index contributed by atoms with van der Waals surface area (Å²) in [5.74, 6) is 1.81. The van der Waals surface area contributed by atoms with Gasteiger partial charge in [-0.25, -0.2) is 4.98 Å². The van der Waals surface area contributed by atoms with Crippen LogP contribution in [0.1, 0.15) is 53.0 Å². The third-order valence-electron chi connectivity index (χ3n) is 3.68. The van der Waals surface area contributed by atoms with Gasteiger partial charge in [0.1, 0.15) is 5.82 Å². The standard InChI is InChI=1S/C15H24N2/c1-14(2,3)12-8-9-13(16-10-12)17-15(4,5)11-6-7-11/h8-11H,6-7H2,1-5H3,(H,16,17). The van der Waals surface area contributed by atoms with Crippen molar-refractivity contribution in [3.05, 3.63) is 23.9 Å². The maximum Gasteiger partial charge on any atom is 0.126 e. The highest BCUT2D eigenvalue weighted by atomic mass is 15.1. The van der Waals surface area contributed by atoms with Crippen LogP contribution in [0.3, 0.4) is 0 Å². The Balaban J connectivity index is 2.08. The molecule has 0 unspecified atom stereocenters. The molecule has 0 spiro atoms. The van der Waals surface area contributed by atoms with Crippen LogP contribution < -0.4 is 5.32 Å². The number of hydrogen-bond donors (Lipinski definition) is 1. The van der Waals surface area contributed by atoms with Crippen molar-refractivity contribution in [3.63, 3.8) is 0 Å². The van der Waals surface area contributed by atoms with Gasteiger partial charge >= 0.3 is 0 Å². The summed E-state index contributed by atoms with van der Waals surface area (Å²) in [5, 5.41) is 3.55. The van der Waals surface area contributed by atoms with Crippen LogP contribution in [-0.4, -0.2) is 10.5 Å². The average molecular weight is 232 g/mol. The number of nitrogens with zero attached hydrogens (tertiary/aromatic N) is 1. The monoisotopic (exact) mass is 232 g/mol. The number of anilines is 1. The van der Waals surface area contributed by atoms with Crippen LogP contribution in [0, 0.1) is 5.92 Å². The van der Waals surface area contributed by atoms with Gasteiger partial charge in [0.2, 0.25) is 0 Å². The number of rotatable bonds is 3. The number of nitrogens with one attached hydrogen (secondary N) is 1. The molecule has 1 N–H and O–H groups in total. The Morgan fingerprint density at radius 2 is 1.76 bits per heavy atom. The smallest absolute Gasteiger partial charge is 0.126 e. The Morgan fingerprint density at radius 3 is 2.18 bits per heavy atom. The molecule has 2 nitrogen and oxygen atoms in total. The van der Waals surface area contributed by atoms with Crippen molar-refractivity contribution in [2.45, 2.75) is 58.4 Å². The summed E-state index contributed by atoms with van der Waals surface area (Å²) in [4.78, 5) is 4.53. The quantitative estimate of drug-likeness (QED) is 0.852. The molecule has 2 heteroatoms. The van der Waals surface area contributed by atoms with Gasteiger partial charge in [-0.2, -0.15) is 0 Å². The molecule has 94 valence electrons. The Kier molecular flexibility index (Phi) is 2.92. The third-order valence-corrected chi connectivity index (χ3v) is 3.68. The molecule has 2 rings (SSSR count). The van der Waals surface area contributed by atoms with Gasteiger partial charge in [-0.05, 0) is 49.7 Å². The minimum atomic E-state index is 0.177. The van der Waals surface area contributed by atoms with Gasteiger partial charge in [-0.3, -0.25) is 0 Å². The molecule has 0 saturated heterocycles. The van der Waals surface area contributed by atoms with Crippen LogP contribution in [0.5, 0.6) is 0 Å². The van der Waals surface area contributed by atoms with Crippen LogP contribution in [-0.2, 0) is 5.41 Å². The van der Waals surface area contributed by atoms with Gasteiger partial charge in [0.15, 0.2) is 0 Å². The van der Waals surface area contributed by atoms with Crippen LogP contribution in [0.2, 0.25) is 0 Å². The fourth-order valence-corrected chi connectivity index (χ4v) is 2.15. The summed E-state index contributed by atoms with van der Waals surface area (Å²) >= 11 is 0. The van der Waals surface area contributed by atoms with Gasteiger partial charge < -0.3 is 5.32 Å². The van der Waals surface area contributed by atoms with Crippen molar-refractivity contribution in [1.29, 1.82) is 0 Å². The van der Waals surface area contributed by atoms with E-state index >= 15 is 0 Å². The summed E-state index contributed by atoms with van der Waals surface area (Å²) in [6.45, 7) is 11.2. The van der Waals surface area contributed by atoms with Crippen LogP contribution in [0.15, 0.2) is 18.3 Å². The lowest BCUT2D eigenvalue weighted by Crippen LogP contribution is -2.33. The van der Waals surface area contributed by atoms with Gasteiger partial charge in [-0.15, -0.1) is 0 Å². The normalized spacial score (nSPS) is 17.0. The molecule has 0 aromatic carbocycles. The molecule has 0 aliphatic heterocycles. The largest absolute Gasteiger partial charge is 0.365 e. The lowest BCUT2D eigenvalue weighted by molar-refractivity contribution is 0.492. The van der Waals surface area contributed by atoms with Gasteiger partial charge in [0.05, 0.1) is 0 Å². The van der Waals surface area contributed by atoms with E-state index in [2.05, 4.69) is 57.1 Å². The lowest BCUT2D eigenvalue weighted by atomic mass is 9.88. The fraction of sp³-hybridized carbons (Fsp3) is 0.667. The predicted molar refractivity (Wildman–Crippen MR) is 73.4 cm³/mol. The maximum absolute atomic E-state index is 4.53. The molecular weight excluding hydrogens is 208 g/mol. The van der Waals surface area contributed by atoms with Crippen LogP contribution in [0.4, 0.5) is 5.82 Å². The van der Waals surface area contributed by atoms with E-state index in [1.165, 1.54) is 18.4 Å². The first kappa shape index (κ1) is 12.4. The first-order valence-electron chi connectivity index (χ1n) is 6.54. The minimum Gasteiger partial charge on any atom is -0.365 e. The Labute approximate surface area is 105 Å². The van der Waals surface area contributed by atoms with E-state index in [1.54, 1.807) is 0 Å². The van der Waals surface area contributed by atoms with E-state index < -0.39 is 0 Å². The number of pyridine rings is 1. The maximum atomic E-state index is 4.53. The van der Waals surface area contributed by atoms with Gasteiger partial charge in [0.25, 0.3) is 0 Å². The molecule has 0 bridgehead atoms. The van der Waals surface area contributed by atoms with Crippen molar-refractivity contribution >= 4 is 5.82 Å². The predicted octanol–water partition coefficient (Wildman–Crippen LogP) is 3.98. The van der Waals surface area contributed by atoms with E-state index in [0.29, 0.717) is 0 Å². The van der Waals surface area contributed by atoms with Crippen molar-refractivity contribution in [2.75, 3.05) is 5.32 Å². The fourth-order valence-electron chi connectivity index (χ4n) is 2.15. The summed E-state index contributed by atoms with van der Waals surface area (Å²) in [5.41, 5.74) is 1.64. The van der Waals surface area contributed by atoms with E-state index in [1.807, 2.05) is 6.20 Å². The van der Waals surface area contributed by atoms with Crippen molar-refractivity contribution in [3.8, 4) is 0 Å². The van der Waals surface area contributed by atoms with Crippen molar-refractivity contribution < 1.29 is 0 Å². The number of aromatic nitrogens is 1. The summed E-state index contributed by atoms with van der Waals surface area (Å²) in [7, 11) is 0. The molecule has 1 aliphatic carbocycles. The molecule has 17 heavy (non-hydrogen) atoms. The van der Waals surface area contributed by atoms with Crippen molar-refractivity contribution in [2.24, 2.45) is 5.92 Å². The van der Waals surface area contributed by atoms with Crippen molar-refractivity contribution in [1.82, 2.24) is 4.98 Å². The lowest BCUT2D eigenvalue weighted by Gasteiger charge is -2.27. The molecule has 1 fully saturated rings. The zero-order valence-electron chi connectivity index (χ0n) is 11.7. The highest BCUT2D eigenvalue weighted by molar-refractivity contribution is 5.40. The highest BCUT2D eigenvalue weighted by Crippen LogP contribution is 2.40. The Bertz CT molecular complexity index is 380. The molecule has 0 radical (unpaired) electrons. The second-order valence-corrected chi connectivity index (χ2v) is 6.80. The zero-order valence-corrected chi connectivity index (χ0v) is 11.7. The zero-order chi connectivity index (χ0) is 12.7. The second kappa shape index (κ2) is 4.01. The molecule has 1 aliphatic rings.